The SMILES string of the molecule is CCNC(=O)c1ccc(N2CCN(Cc3cnc4c(c3)NC(=O)N3CCCC43)CC2)cn1. The Labute approximate surface area is 187 Å². The van der Waals surface area contributed by atoms with Crippen molar-refractivity contribution in [1.82, 2.24) is 25.1 Å². The molecule has 3 amide bonds. The average Bonchev–Trinajstić information content (AvgIpc) is 3.31. The molecule has 5 rings (SSSR count). The summed E-state index contributed by atoms with van der Waals surface area (Å²) in [6, 6.07) is 5.97. The van der Waals surface area contributed by atoms with Gasteiger partial charge in [-0.2, -0.15) is 0 Å². The second kappa shape index (κ2) is 8.74. The summed E-state index contributed by atoms with van der Waals surface area (Å²) in [6.07, 6.45) is 5.77. The maximum atomic E-state index is 12.3. The third-order valence-corrected chi connectivity index (χ3v) is 6.51. The molecular weight excluding hydrogens is 406 g/mol. The standard InChI is InChI=1S/C23H29N7O2/c1-2-24-22(31)18-6-5-17(14-25-18)29-10-8-28(9-11-29)15-16-12-19-21(26-13-16)20-4-3-7-30(20)23(32)27-19/h5-6,12-14,20H,2-4,7-11,15H2,1H3,(H,24,31)(H,27,32). The van der Waals surface area contributed by atoms with E-state index in [2.05, 4.69) is 31.5 Å². The molecular formula is C23H29N7O2. The van der Waals surface area contributed by atoms with E-state index in [9.17, 15) is 9.59 Å². The van der Waals surface area contributed by atoms with Crippen LogP contribution in [0, 0.1) is 0 Å². The fourth-order valence-corrected chi connectivity index (χ4v) is 4.83. The van der Waals surface area contributed by atoms with Gasteiger partial charge in [0.05, 0.1) is 29.3 Å². The lowest BCUT2D eigenvalue weighted by Gasteiger charge is -2.36. The van der Waals surface area contributed by atoms with E-state index in [0.29, 0.717) is 12.2 Å². The minimum absolute atomic E-state index is 0.000585. The van der Waals surface area contributed by atoms with Gasteiger partial charge in [0.2, 0.25) is 0 Å². The first-order chi connectivity index (χ1) is 15.6. The molecule has 2 fully saturated rings. The molecule has 2 aromatic heterocycles. The monoisotopic (exact) mass is 435 g/mol. The molecule has 0 saturated carbocycles. The predicted molar refractivity (Wildman–Crippen MR) is 122 cm³/mol. The molecule has 5 heterocycles. The van der Waals surface area contributed by atoms with E-state index < -0.39 is 0 Å². The highest BCUT2D eigenvalue weighted by Gasteiger charge is 2.37. The topological polar surface area (TPSA) is 93.7 Å². The van der Waals surface area contributed by atoms with Crippen LogP contribution in [0.5, 0.6) is 0 Å². The molecule has 1 atom stereocenters. The van der Waals surface area contributed by atoms with Gasteiger partial charge in [-0.25, -0.2) is 9.78 Å². The second-order valence-corrected chi connectivity index (χ2v) is 8.58. The van der Waals surface area contributed by atoms with Crippen LogP contribution in [0.25, 0.3) is 0 Å². The summed E-state index contributed by atoms with van der Waals surface area (Å²) in [7, 11) is 0. The van der Waals surface area contributed by atoms with Gasteiger partial charge < -0.3 is 20.4 Å². The number of hydrogen-bond donors (Lipinski definition) is 2. The van der Waals surface area contributed by atoms with E-state index in [-0.39, 0.29) is 18.0 Å². The van der Waals surface area contributed by atoms with E-state index in [0.717, 1.165) is 74.7 Å². The minimum Gasteiger partial charge on any atom is -0.368 e. The van der Waals surface area contributed by atoms with Gasteiger partial charge in [-0.1, -0.05) is 0 Å². The second-order valence-electron chi connectivity index (χ2n) is 8.58. The van der Waals surface area contributed by atoms with Crippen molar-refractivity contribution in [1.29, 1.82) is 0 Å². The van der Waals surface area contributed by atoms with Crippen molar-refractivity contribution in [3.63, 3.8) is 0 Å². The third kappa shape index (κ3) is 4.00. The smallest absolute Gasteiger partial charge is 0.322 e. The number of hydrogen-bond acceptors (Lipinski definition) is 6. The van der Waals surface area contributed by atoms with E-state index in [1.165, 1.54) is 0 Å². The molecule has 2 saturated heterocycles. The van der Waals surface area contributed by atoms with Crippen LogP contribution in [0.15, 0.2) is 30.6 Å². The van der Waals surface area contributed by atoms with Crippen molar-refractivity contribution in [2.75, 3.05) is 49.5 Å². The molecule has 32 heavy (non-hydrogen) atoms. The predicted octanol–water partition coefficient (Wildman–Crippen LogP) is 2.23. The maximum absolute atomic E-state index is 12.3. The van der Waals surface area contributed by atoms with E-state index in [1.807, 2.05) is 24.1 Å². The first-order valence-corrected chi connectivity index (χ1v) is 11.4. The Morgan fingerprint density at radius 2 is 2.00 bits per heavy atom. The molecule has 0 aliphatic carbocycles. The van der Waals surface area contributed by atoms with Crippen LogP contribution in [0.3, 0.4) is 0 Å². The van der Waals surface area contributed by atoms with Crippen molar-refractivity contribution in [3.8, 4) is 0 Å². The molecule has 0 bridgehead atoms. The van der Waals surface area contributed by atoms with Gasteiger partial charge in [-0.15, -0.1) is 0 Å². The molecule has 0 radical (unpaired) electrons. The van der Waals surface area contributed by atoms with Gasteiger partial charge in [0.1, 0.15) is 5.69 Å². The van der Waals surface area contributed by atoms with Crippen molar-refractivity contribution < 1.29 is 9.59 Å². The van der Waals surface area contributed by atoms with E-state index in [4.69, 9.17) is 4.98 Å². The number of anilines is 2. The summed E-state index contributed by atoms with van der Waals surface area (Å²) in [5.74, 6) is -0.139. The number of aromatic nitrogens is 2. The largest absolute Gasteiger partial charge is 0.368 e. The maximum Gasteiger partial charge on any atom is 0.322 e. The highest BCUT2D eigenvalue weighted by atomic mass is 16.2. The highest BCUT2D eigenvalue weighted by Crippen LogP contribution is 2.38. The Bertz CT molecular complexity index is 1000. The molecule has 9 nitrogen and oxygen atoms in total. The molecule has 9 heteroatoms. The van der Waals surface area contributed by atoms with Gasteiger partial charge in [0.15, 0.2) is 0 Å². The molecule has 2 aromatic rings. The number of pyridine rings is 2. The average molecular weight is 436 g/mol. The molecule has 168 valence electrons. The molecule has 0 aromatic carbocycles. The van der Waals surface area contributed by atoms with Gasteiger partial charge in [-0.3, -0.25) is 14.7 Å². The van der Waals surface area contributed by atoms with Crippen LogP contribution < -0.4 is 15.5 Å². The van der Waals surface area contributed by atoms with Crippen LogP contribution in [0.4, 0.5) is 16.2 Å². The van der Waals surface area contributed by atoms with Crippen LogP contribution >= 0.6 is 0 Å². The quantitative estimate of drug-likeness (QED) is 0.748. The number of urea groups is 1. The van der Waals surface area contributed by atoms with Crippen LogP contribution in [0.2, 0.25) is 0 Å². The highest BCUT2D eigenvalue weighted by molar-refractivity contribution is 5.93. The summed E-state index contributed by atoms with van der Waals surface area (Å²) < 4.78 is 0. The third-order valence-electron chi connectivity index (χ3n) is 6.51. The molecule has 0 spiro atoms. The molecule has 3 aliphatic heterocycles. The number of carbonyl (C=O) groups is 2. The van der Waals surface area contributed by atoms with Gasteiger partial charge in [0, 0.05) is 52.0 Å². The van der Waals surface area contributed by atoms with Crippen molar-refractivity contribution in [3.05, 3.63) is 47.5 Å². The summed E-state index contributed by atoms with van der Waals surface area (Å²) in [4.78, 5) is 39.9. The number of fused-ring (bicyclic) bond motifs is 3. The number of nitrogens with zero attached hydrogens (tertiary/aromatic N) is 5. The van der Waals surface area contributed by atoms with Crippen molar-refractivity contribution >= 4 is 23.3 Å². The number of carbonyl (C=O) groups excluding carboxylic acids is 2. The molecule has 3 aliphatic rings. The number of amides is 3. The zero-order valence-electron chi connectivity index (χ0n) is 18.4. The molecule has 2 N–H and O–H groups in total. The Hall–Kier alpha value is -3.20. The molecule has 1 unspecified atom stereocenters. The van der Waals surface area contributed by atoms with Crippen LogP contribution in [0.1, 0.15) is 47.6 Å². The summed E-state index contributed by atoms with van der Waals surface area (Å²) in [5, 5.41) is 5.79. The summed E-state index contributed by atoms with van der Waals surface area (Å²) >= 11 is 0. The van der Waals surface area contributed by atoms with Crippen LogP contribution in [-0.2, 0) is 6.54 Å². The summed E-state index contributed by atoms with van der Waals surface area (Å²) in [5.41, 5.74) is 4.47. The lowest BCUT2D eigenvalue weighted by molar-refractivity contribution is 0.0951. The zero-order chi connectivity index (χ0) is 22.1. The fourth-order valence-electron chi connectivity index (χ4n) is 4.83. The van der Waals surface area contributed by atoms with Crippen molar-refractivity contribution in [2.45, 2.75) is 32.4 Å². The first-order valence-electron chi connectivity index (χ1n) is 11.4. The Kier molecular flexibility index (Phi) is 5.65. The van der Waals surface area contributed by atoms with E-state index >= 15 is 0 Å². The zero-order valence-corrected chi connectivity index (χ0v) is 18.4. The lowest BCUT2D eigenvalue weighted by atomic mass is 10.1. The minimum atomic E-state index is -0.139. The fraction of sp³-hybridized carbons (Fsp3) is 0.478. The van der Waals surface area contributed by atoms with Gasteiger partial charge in [-0.05, 0) is 43.5 Å². The van der Waals surface area contributed by atoms with Crippen molar-refractivity contribution in [2.24, 2.45) is 0 Å². The summed E-state index contributed by atoms with van der Waals surface area (Å²) in [6.45, 7) is 7.76. The van der Waals surface area contributed by atoms with Gasteiger partial charge in [0.25, 0.3) is 5.91 Å². The van der Waals surface area contributed by atoms with E-state index in [1.54, 1.807) is 12.3 Å². The number of piperazine rings is 1. The Morgan fingerprint density at radius 3 is 2.75 bits per heavy atom. The number of nitrogens with one attached hydrogen (secondary N) is 2. The first kappa shape index (κ1) is 20.7. The Morgan fingerprint density at radius 1 is 1.16 bits per heavy atom. The number of rotatable bonds is 5. The normalized spacial score (nSPS) is 20.5. The Balaban J connectivity index is 1.18. The van der Waals surface area contributed by atoms with Crippen LogP contribution in [-0.4, -0.2) is 71.0 Å². The van der Waals surface area contributed by atoms with Gasteiger partial charge >= 0.3 is 6.03 Å². The lowest BCUT2D eigenvalue weighted by Crippen LogP contribution is -2.46.